The Kier molecular flexibility index (Phi) is 2.73. The molecule has 0 aliphatic carbocycles. The summed E-state index contributed by atoms with van der Waals surface area (Å²) in [4.78, 5) is 0. The van der Waals surface area contributed by atoms with Crippen LogP contribution in [-0.4, -0.2) is 0 Å². The van der Waals surface area contributed by atoms with Crippen molar-refractivity contribution >= 4 is 6.08 Å². The van der Waals surface area contributed by atoms with Gasteiger partial charge in [-0.05, 0) is 18.1 Å². The van der Waals surface area contributed by atoms with Gasteiger partial charge in [0, 0.05) is 5.70 Å². The van der Waals surface area contributed by atoms with Crippen LogP contribution in [0.3, 0.4) is 0 Å². The lowest BCUT2D eigenvalue weighted by molar-refractivity contribution is 1.08. The standard InChI is InChI=1S/C10H13N/c1-2-10(11)8-9-6-4-3-5-7-9/h3-8H,2,11H2,1H3/b10-8-. The van der Waals surface area contributed by atoms with Crippen molar-refractivity contribution < 1.29 is 0 Å². The van der Waals surface area contributed by atoms with Crippen molar-refractivity contribution in [1.82, 2.24) is 0 Å². The van der Waals surface area contributed by atoms with Crippen LogP contribution < -0.4 is 5.73 Å². The van der Waals surface area contributed by atoms with Crippen LogP contribution in [0.4, 0.5) is 0 Å². The summed E-state index contributed by atoms with van der Waals surface area (Å²) in [6.07, 6.45) is 2.91. The summed E-state index contributed by atoms with van der Waals surface area (Å²) in [6.45, 7) is 2.05. The molecule has 58 valence electrons. The molecule has 0 aliphatic heterocycles. The Morgan fingerprint density at radius 3 is 2.55 bits per heavy atom. The first-order valence-electron chi connectivity index (χ1n) is 3.84. The zero-order chi connectivity index (χ0) is 8.10. The van der Waals surface area contributed by atoms with Crippen LogP contribution in [-0.2, 0) is 0 Å². The predicted molar refractivity (Wildman–Crippen MR) is 48.9 cm³/mol. The van der Waals surface area contributed by atoms with E-state index in [-0.39, 0.29) is 0 Å². The molecule has 0 aliphatic rings. The number of allylic oxidation sites excluding steroid dienone is 1. The Labute approximate surface area is 67.5 Å². The van der Waals surface area contributed by atoms with Crippen molar-refractivity contribution in [3.05, 3.63) is 41.6 Å². The van der Waals surface area contributed by atoms with Crippen LogP contribution >= 0.6 is 0 Å². The van der Waals surface area contributed by atoms with Gasteiger partial charge < -0.3 is 5.73 Å². The van der Waals surface area contributed by atoms with Crippen LogP contribution in [0, 0.1) is 0 Å². The summed E-state index contributed by atoms with van der Waals surface area (Å²) < 4.78 is 0. The van der Waals surface area contributed by atoms with Gasteiger partial charge in [0.2, 0.25) is 0 Å². The molecule has 0 saturated carbocycles. The molecule has 0 atom stereocenters. The first-order chi connectivity index (χ1) is 5.33. The molecule has 0 fully saturated rings. The Bertz CT molecular complexity index is 236. The van der Waals surface area contributed by atoms with Crippen molar-refractivity contribution in [2.75, 3.05) is 0 Å². The third kappa shape index (κ3) is 2.46. The molecule has 2 N–H and O–H groups in total. The Morgan fingerprint density at radius 1 is 1.36 bits per heavy atom. The molecule has 0 aromatic heterocycles. The van der Waals surface area contributed by atoms with Crippen molar-refractivity contribution in [1.29, 1.82) is 0 Å². The molecule has 1 aromatic rings. The minimum atomic E-state index is 0.912. The van der Waals surface area contributed by atoms with Crippen molar-refractivity contribution in [2.24, 2.45) is 5.73 Å². The lowest BCUT2D eigenvalue weighted by Gasteiger charge is -1.95. The second-order valence-electron chi connectivity index (χ2n) is 2.48. The quantitative estimate of drug-likeness (QED) is 0.683. The van der Waals surface area contributed by atoms with E-state index in [0.29, 0.717) is 0 Å². The topological polar surface area (TPSA) is 26.0 Å². The van der Waals surface area contributed by atoms with E-state index < -0.39 is 0 Å². The van der Waals surface area contributed by atoms with E-state index in [1.807, 2.05) is 36.4 Å². The van der Waals surface area contributed by atoms with E-state index in [4.69, 9.17) is 5.73 Å². The number of nitrogens with two attached hydrogens (primary N) is 1. The largest absolute Gasteiger partial charge is 0.402 e. The van der Waals surface area contributed by atoms with Gasteiger partial charge in [-0.3, -0.25) is 0 Å². The second-order valence-corrected chi connectivity index (χ2v) is 2.48. The zero-order valence-electron chi connectivity index (χ0n) is 6.75. The SMILES string of the molecule is CC/C(N)=C/c1ccccc1. The molecule has 1 heteroatoms. The molecule has 0 spiro atoms. The van der Waals surface area contributed by atoms with E-state index in [9.17, 15) is 0 Å². The van der Waals surface area contributed by atoms with E-state index >= 15 is 0 Å². The molecule has 0 saturated heterocycles. The van der Waals surface area contributed by atoms with Gasteiger partial charge >= 0.3 is 0 Å². The zero-order valence-corrected chi connectivity index (χ0v) is 6.75. The van der Waals surface area contributed by atoms with Crippen LogP contribution in [0.2, 0.25) is 0 Å². The minimum absolute atomic E-state index is 0.912. The van der Waals surface area contributed by atoms with E-state index in [2.05, 4.69) is 6.92 Å². The summed E-state index contributed by atoms with van der Waals surface area (Å²) in [6, 6.07) is 10.1. The average Bonchev–Trinajstić information content (AvgIpc) is 2.06. The molecule has 0 bridgehead atoms. The highest BCUT2D eigenvalue weighted by Gasteiger charge is 1.86. The number of benzene rings is 1. The third-order valence-electron chi connectivity index (χ3n) is 1.56. The van der Waals surface area contributed by atoms with Gasteiger partial charge in [-0.2, -0.15) is 0 Å². The summed E-state index contributed by atoms with van der Waals surface area (Å²) >= 11 is 0. The highest BCUT2D eigenvalue weighted by molar-refractivity contribution is 5.51. The van der Waals surface area contributed by atoms with Gasteiger partial charge in [-0.25, -0.2) is 0 Å². The fourth-order valence-corrected chi connectivity index (χ4v) is 0.865. The first kappa shape index (κ1) is 7.86. The number of rotatable bonds is 2. The summed E-state index contributed by atoms with van der Waals surface area (Å²) in [5, 5.41) is 0. The number of hydrogen-bond acceptors (Lipinski definition) is 1. The number of hydrogen-bond donors (Lipinski definition) is 1. The van der Waals surface area contributed by atoms with Crippen LogP contribution in [0.1, 0.15) is 18.9 Å². The maximum Gasteiger partial charge on any atom is 0.00836 e. The smallest absolute Gasteiger partial charge is 0.00836 e. The molecule has 1 aromatic carbocycles. The molecule has 11 heavy (non-hydrogen) atoms. The lowest BCUT2D eigenvalue weighted by atomic mass is 10.2. The van der Waals surface area contributed by atoms with Crippen LogP contribution in [0.25, 0.3) is 6.08 Å². The average molecular weight is 147 g/mol. The van der Waals surface area contributed by atoms with E-state index in [1.54, 1.807) is 0 Å². The van der Waals surface area contributed by atoms with E-state index in [0.717, 1.165) is 12.1 Å². The fraction of sp³-hybridized carbons (Fsp3) is 0.200. The molecular weight excluding hydrogens is 134 g/mol. The maximum absolute atomic E-state index is 5.67. The molecule has 1 rings (SSSR count). The molecule has 0 unspecified atom stereocenters. The molecular formula is C10H13N. The van der Waals surface area contributed by atoms with Crippen molar-refractivity contribution in [3.8, 4) is 0 Å². The first-order valence-corrected chi connectivity index (χ1v) is 3.84. The van der Waals surface area contributed by atoms with Crippen LogP contribution in [0.15, 0.2) is 36.0 Å². The monoisotopic (exact) mass is 147 g/mol. The van der Waals surface area contributed by atoms with Gasteiger partial charge in [0.25, 0.3) is 0 Å². The Morgan fingerprint density at radius 2 is 2.00 bits per heavy atom. The van der Waals surface area contributed by atoms with Gasteiger partial charge in [0.15, 0.2) is 0 Å². The summed E-state index contributed by atoms with van der Waals surface area (Å²) in [5.74, 6) is 0. The normalized spacial score (nSPS) is 11.5. The fourth-order valence-electron chi connectivity index (χ4n) is 0.865. The highest BCUT2D eigenvalue weighted by Crippen LogP contribution is 2.04. The second kappa shape index (κ2) is 3.81. The third-order valence-corrected chi connectivity index (χ3v) is 1.56. The summed E-state index contributed by atoms with van der Waals surface area (Å²) in [7, 11) is 0. The highest BCUT2D eigenvalue weighted by atomic mass is 14.6. The minimum Gasteiger partial charge on any atom is -0.402 e. The molecule has 1 nitrogen and oxygen atoms in total. The lowest BCUT2D eigenvalue weighted by Crippen LogP contribution is -1.93. The van der Waals surface area contributed by atoms with Crippen molar-refractivity contribution in [2.45, 2.75) is 13.3 Å². The molecule has 0 amide bonds. The van der Waals surface area contributed by atoms with Gasteiger partial charge in [-0.15, -0.1) is 0 Å². The van der Waals surface area contributed by atoms with Crippen molar-refractivity contribution in [3.63, 3.8) is 0 Å². The van der Waals surface area contributed by atoms with Gasteiger partial charge in [0.05, 0.1) is 0 Å². The summed E-state index contributed by atoms with van der Waals surface area (Å²) in [5.41, 5.74) is 7.77. The maximum atomic E-state index is 5.67. The molecule has 0 radical (unpaired) electrons. The van der Waals surface area contributed by atoms with Crippen LogP contribution in [0.5, 0.6) is 0 Å². The Hall–Kier alpha value is -1.24. The van der Waals surface area contributed by atoms with Gasteiger partial charge in [-0.1, -0.05) is 37.3 Å². The molecule has 0 heterocycles. The van der Waals surface area contributed by atoms with Gasteiger partial charge in [0.1, 0.15) is 0 Å². The predicted octanol–water partition coefficient (Wildman–Crippen LogP) is 2.40. The van der Waals surface area contributed by atoms with E-state index in [1.165, 1.54) is 5.56 Å². The Balaban J connectivity index is 2.79.